The van der Waals surface area contributed by atoms with Crippen molar-refractivity contribution < 1.29 is 5.11 Å². The van der Waals surface area contributed by atoms with Crippen molar-refractivity contribution in [2.45, 2.75) is 6.04 Å². The maximum atomic E-state index is 9.58. The summed E-state index contributed by atoms with van der Waals surface area (Å²) >= 11 is 9.40. The summed E-state index contributed by atoms with van der Waals surface area (Å²) in [5.41, 5.74) is 1.10. The molecule has 0 unspecified atom stereocenters. The number of halogens is 2. The lowest BCUT2D eigenvalue weighted by molar-refractivity contribution is 0.111. The lowest BCUT2D eigenvalue weighted by Gasteiger charge is -2.34. The highest BCUT2D eigenvalue weighted by molar-refractivity contribution is 9.10. The predicted molar refractivity (Wildman–Crippen MR) is 73.4 cm³/mol. The van der Waals surface area contributed by atoms with E-state index in [1.807, 2.05) is 18.2 Å². The third kappa shape index (κ3) is 3.20. The van der Waals surface area contributed by atoms with Gasteiger partial charge in [-0.15, -0.1) is 0 Å². The zero-order valence-corrected chi connectivity index (χ0v) is 11.8. The second-order valence-electron chi connectivity index (χ2n) is 4.16. The van der Waals surface area contributed by atoms with Crippen LogP contribution in [0.25, 0.3) is 0 Å². The first-order valence-corrected chi connectivity index (χ1v) is 6.90. The summed E-state index contributed by atoms with van der Waals surface area (Å²) in [7, 11) is 0. The summed E-state index contributed by atoms with van der Waals surface area (Å²) in [6, 6.07) is 5.90. The van der Waals surface area contributed by atoms with E-state index in [1.54, 1.807) is 0 Å². The molecule has 94 valence electrons. The van der Waals surface area contributed by atoms with Crippen molar-refractivity contribution in [3.8, 4) is 0 Å². The van der Waals surface area contributed by atoms with Gasteiger partial charge in [-0.3, -0.25) is 4.90 Å². The van der Waals surface area contributed by atoms with Crippen molar-refractivity contribution in [3.05, 3.63) is 33.3 Å². The highest BCUT2D eigenvalue weighted by atomic mass is 79.9. The molecular weight excluding hydrogens is 304 g/mol. The zero-order chi connectivity index (χ0) is 12.3. The van der Waals surface area contributed by atoms with Gasteiger partial charge in [0.05, 0.1) is 17.7 Å². The number of rotatable bonds is 3. The minimum Gasteiger partial charge on any atom is -0.394 e. The van der Waals surface area contributed by atoms with Gasteiger partial charge in [0, 0.05) is 30.7 Å². The van der Waals surface area contributed by atoms with Gasteiger partial charge in [0.1, 0.15) is 0 Å². The van der Waals surface area contributed by atoms with E-state index >= 15 is 0 Å². The number of nitrogens with one attached hydrogen (secondary N) is 1. The van der Waals surface area contributed by atoms with Gasteiger partial charge < -0.3 is 10.4 Å². The number of aliphatic hydroxyl groups is 1. The predicted octanol–water partition coefficient (Wildman–Crippen LogP) is 2.04. The Balaban J connectivity index is 2.18. The number of benzene rings is 1. The molecule has 0 aliphatic carbocycles. The van der Waals surface area contributed by atoms with Gasteiger partial charge in [-0.2, -0.15) is 0 Å². The number of hydrogen-bond donors (Lipinski definition) is 2. The van der Waals surface area contributed by atoms with Crippen LogP contribution in [-0.2, 0) is 0 Å². The van der Waals surface area contributed by atoms with Gasteiger partial charge in [0.25, 0.3) is 0 Å². The van der Waals surface area contributed by atoms with Gasteiger partial charge in [-0.05, 0) is 33.6 Å². The molecule has 1 saturated heterocycles. The summed E-state index contributed by atoms with van der Waals surface area (Å²) in [4.78, 5) is 2.30. The quantitative estimate of drug-likeness (QED) is 0.895. The molecule has 2 N–H and O–H groups in total. The van der Waals surface area contributed by atoms with E-state index < -0.39 is 0 Å². The minimum absolute atomic E-state index is 0.0608. The van der Waals surface area contributed by atoms with Crippen LogP contribution < -0.4 is 5.32 Å². The summed E-state index contributed by atoms with van der Waals surface area (Å²) in [5.74, 6) is 0. The molecule has 3 nitrogen and oxygen atoms in total. The van der Waals surface area contributed by atoms with Crippen LogP contribution in [0.1, 0.15) is 11.6 Å². The molecule has 1 heterocycles. The number of hydrogen-bond acceptors (Lipinski definition) is 3. The van der Waals surface area contributed by atoms with Gasteiger partial charge in [-0.25, -0.2) is 0 Å². The molecule has 1 aliphatic rings. The van der Waals surface area contributed by atoms with E-state index in [0.717, 1.165) is 36.2 Å². The highest BCUT2D eigenvalue weighted by Crippen LogP contribution is 2.28. The van der Waals surface area contributed by atoms with Crippen LogP contribution in [0.4, 0.5) is 0 Å². The smallest absolute Gasteiger partial charge is 0.0628 e. The number of piperazine rings is 1. The second kappa shape index (κ2) is 6.16. The molecule has 0 aromatic heterocycles. The fourth-order valence-electron chi connectivity index (χ4n) is 2.15. The fraction of sp³-hybridized carbons (Fsp3) is 0.500. The number of nitrogens with zero attached hydrogens (tertiary/aromatic N) is 1. The lowest BCUT2D eigenvalue weighted by atomic mass is 10.1. The SMILES string of the molecule is OC[C@H](c1ccc(Cl)c(Br)c1)N1CCNCC1. The Hall–Kier alpha value is -0.130. The van der Waals surface area contributed by atoms with Gasteiger partial charge in [0.2, 0.25) is 0 Å². The Morgan fingerprint density at radius 2 is 2.12 bits per heavy atom. The summed E-state index contributed by atoms with van der Waals surface area (Å²) in [5, 5.41) is 13.6. The van der Waals surface area contributed by atoms with E-state index in [2.05, 4.69) is 26.1 Å². The lowest BCUT2D eigenvalue weighted by Crippen LogP contribution is -2.46. The summed E-state index contributed by atoms with van der Waals surface area (Å²) in [6.45, 7) is 4.02. The Labute approximate surface area is 115 Å². The molecule has 1 aromatic rings. The first-order valence-electron chi connectivity index (χ1n) is 5.73. The minimum atomic E-state index is 0.0608. The van der Waals surface area contributed by atoms with Crippen molar-refractivity contribution >= 4 is 27.5 Å². The normalized spacial score (nSPS) is 19.2. The van der Waals surface area contributed by atoms with E-state index in [1.165, 1.54) is 0 Å². The number of aliphatic hydroxyl groups excluding tert-OH is 1. The van der Waals surface area contributed by atoms with Crippen molar-refractivity contribution in [1.29, 1.82) is 0 Å². The first kappa shape index (κ1) is 13.3. The molecule has 0 amide bonds. The van der Waals surface area contributed by atoms with Crippen molar-refractivity contribution in [3.63, 3.8) is 0 Å². The molecule has 0 spiro atoms. The topological polar surface area (TPSA) is 35.5 Å². The van der Waals surface area contributed by atoms with Crippen LogP contribution in [0.2, 0.25) is 5.02 Å². The molecule has 0 radical (unpaired) electrons. The average molecular weight is 320 g/mol. The fourth-order valence-corrected chi connectivity index (χ4v) is 2.66. The first-order chi connectivity index (χ1) is 8.22. The highest BCUT2D eigenvalue weighted by Gasteiger charge is 2.21. The van der Waals surface area contributed by atoms with E-state index in [4.69, 9.17) is 11.6 Å². The zero-order valence-electron chi connectivity index (χ0n) is 9.50. The van der Waals surface area contributed by atoms with Gasteiger partial charge in [-0.1, -0.05) is 17.7 Å². The van der Waals surface area contributed by atoms with Crippen LogP contribution in [-0.4, -0.2) is 42.8 Å². The van der Waals surface area contributed by atoms with E-state index in [9.17, 15) is 5.11 Å². The van der Waals surface area contributed by atoms with Crippen LogP contribution in [0.3, 0.4) is 0 Å². The van der Waals surface area contributed by atoms with Gasteiger partial charge in [0.15, 0.2) is 0 Å². The third-order valence-electron chi connectivity index (χ3n) is 3.09. The molecule has 5 heteroatoms. The Kier molecular flexibility index (Phi) is 4.82. The molecule has 1 aromatic carbocycles. The van der Waals surface area contributed by atoms with Crippen LogP contribution >= 0.6 is 27.5 Å². The Morgan fingerprint density at radius 1 is 1.41 bits per heavy atom. The van der Waals surface area contributed by atoms with Crippen LogP contribution in [0, 0.1) is 0 Å². The van der Waals surface area contributed by atoms with E-state index in [-0.39, 0.29) is 12.6 Å². The molecular formula is C12H16BrClN2O. The maximum Gasteiger partial charge on any atom is 0.0628 e. The molecule has 1 atom stereocenters. The van der Waals surface area contributed by atoms with E-state index in [0.29, 0.717) is 5.02 Å². The van der Waals surface area contributed by atoms with Crippen molar-refractivity contribution in [1.82, 2.24) is 10.2 Å². The molecule has 1 aliphatic heterocycles. The Bertz CT molecular complexity index is 383. The largest absolute Gasteiger partial charge is 0.394 e. The second-order valence-corrected chi connectivity index (χ2v) is 5.42. The third-order valence-corrected chi connectivity index (χ3v) is 4.31. The van der Waals surface area contributed by atoms with Gasteiger partial charge >= 0.3 is 0 Å². The van der Waals surface area contributed by atoms with Crippen molar-refractivity contribution in [2.24, 2.45) is 0 Å². The molecule has 1 fully saturated rings. The average Bonchev–Trinajstić information content (AvgIpc) is 2.36. The Morgan fingerprint density at radius 3 is 2.71 bits per heavy atom. The summed E-state index contributed by atoms with van der Waals surface area (Å²) in [6.07, 6.45) is 0. The van der Waals surface area contributed by atoms with Crippen molar-refractivity contribution in [2.75, 3.05) is 32.8 Å². The molecule has 17 heavy (non-hydrogen) atoms. The standard InChI is InChI=1S/C12H16BrClN2O/c13-10-7-9(1-2-11(10)14)12(8-17)16-5-3-15-4-6-16/h1-2,7,12,15,17H,3-6,8H2/t12-/m1/s1. The summed E-state index contributed by atoms with van der Waals surface area (Å²) < 4.78 is 0.880. The molecule has 2 rings (SSSR count). The van der Waals surface area contributed by atoms with Crippen LogP contribution in [0.5, 0.6) is 0 Å². The van der Waals surface area contributed by atoms with Crippen LogP contribution in [0.15, 0.2) is 22.7 Å². The molecule has 0 bridgehead atoms. The molecule has 0 saturated carbocycles. The monoisotopic (exact) mass is 318 g/mol. The maximum absolute atomic E-state index is 9.58.